The maximum Gasteiger partial charge on any atom is 0.268 e. The Labute approximate surface area is 122 Å². The number of aromatic amines is 1. The zero-order chi connectivity index (χ0) is 14.6. The third-order valence-electron chi connectivity index (χ3n) is 3.24. The van der Waals surface area contributed by atoms with E-state index in [1.165, 1.54) is 11.3 Å². The Balaban J connectivity index is 1.94. The molecular formula is C14H21N3O2S. The van der Waals surface area contributed by atoms with Gasteiger partial charge in [-0.25, -0.2) is 4.98 Å². The van der Waals surface area contributed by atoms with E-state index in [2.05, 4.69) is 29.1 Å². The van der Waals surface area contributed by atoms with Crippen LogP contribution in [-0.4, -0.2) is 30.2 Å². The summed E-state index contributed by atoms with van der Waals surface area (Å²) in [6, 6.07) is 1.88. The molecule has 0 aliphatic rings. The average Bonchev–Trinajstić information content (AvgIpc) is 2.85. The molecule has 5 nitrogen and oxygen atoms in total. The highest BCUT2D eigenvalue weighted by Gasteiger charge is 2.17. The molecule has 2 aromatic heterocycles. The van der Waals surface area contributed by atoms with E-state index in [0.717, 1.165) is 25.1 Å². The van der Waals surface area contributed by atoms with Crippen molar-refractivity contribution in [2.75, 3.05) is 20.3 Å². The van der Waals surface area contributed by atoms with Crippen LogP contribution in [0.4, 0.5) is 0 Å². The number of nitrogens with zero attached hydrogens (tertiary/aromatic N) is 1. The third kappa shape index (κ3) is 3.88. The van der Waals surface area contributed by atoms with Crippen LogP contribution in [0.2, 0.25) is 0 Å². The van der Waals surface area contributed by atoms with E-state index in [0.29, 0.717) is 17.1 Å². The van der Waals surface area contributed by atoms with Crippen LogP contribution in [0.15, 0.2) is 16.2 Å². The van der Waals surface area contributed by atoms with Gasteiger partial charge in [-0.3, -0.25) is 4.79 Å². The fourth-order valence-electron chi connectivity index (χ4n) is 1.99. The highest BCUT2D eigenvalue weighted by molar-refractivity contribution is 7.17. The number of nitrogens with one attached hydrogen (secondary N) is 2. The van der Waals surface area contributed by atoms with Gasteiger partial charge >= 0.3 is 0 Å². The largest absolute Gasteiger partial charge is 0.385 e. The molecule has 0 aromatic carbocycles. The van der Waals surface area contributed by atoms with E-state index in [4.69, 9.17) is 4.74 Å². The van der Waals surface area contributed by atoms with Crippen molar-refractivity contribution in [3.63, 3.8) is 0 Å². The van der Waals surface area contributed by atoms with E-state index in [9.17, 15) is 4.79 Å². The van der Waals surface area contributed by atoms with E-state index in [-0.39, 0.29) is 11.0 Å². The second-order valence-corrected chi connectivity index (χ2v) is 6.57. The van der Waals surface area contributed by atoms with E-state index >= 15 is 0 Å². The average molecular weight is 295 g/mol. The lowest BCUT2D eigenvalue weighted by Gasteiger charge is -2.24. The molecule has 2 heterocycles. The van der Waals surface area contributed by atoms with Crippen molar-refractivity contribution in [2.24, 2.45) is 5.41 Å². The minimum Gasteiger partial charge on any atom is -0.385 e. The first-order valence-corrected chi connectivity index (χ1v) is 7.56. The van der Waals surface area contributed by atoms with Crippen LogP contribution in [-0.2, 0) is 11.3 Å². The number of hydrogen-bond donors (Lipinski definition) is 2. The van der Waals surface area contributed by atoms with E-state index in [1.807, 2.05) is 11.4 Å². The van der Waals surface area contributed by atoms with Gasteiger partial charge in [0.2, 0.25) is 0 Å². The van der Waals surface area contributed by atoms with Gasteiger partial charge in [0.05, 0.1) is 12.1 Å². The van der Waals surface area contributed by atoms with Crippen LogP contribution in [0.1, 0.15) is 26.1 Å². The smallest absolute Gasteiger partial charge is 0.268 e. The number of aromatic nitrogens is 2. The minimum absolute atomic E-state index is 0.0551. The molecule has 6 heteroatoms. The van der Waals surface area contributed by atoms with Gasteiger partial charge in [0.15, 0.2) is 0 Å². The normalized spacial score (nSPS) is 12.2. The Kier molecular flexibility index (Phi) is 4.91. The Morgan fingerprint density at radius 2 is 2.30 bits per heavy atom. The van der Waals surface area contributed by atoms with Crippen molar-refractivity contribution < 1.29 is 4.74 Å². The molecule has 0 aliphatic heterocycles. The zero-order valence-corrected chi connectivity index (χ0v) is 13.0. The van der Waals surface area contributed by atoms with Gasteiger partial charge in [0.25, 0.3) is 5.56 Å². The number of thiophene rings is 1. The summed E-state index contributed by atoms with van der Waals surface area (Å²) in [6.45, 7) is 6.55. The first kappa shape index (κ1) is 15.2. The van der Waals surface area contributed by atoms with Crippen LogP contribution in [0.25, 0.3) is 10.2 Å². The van der Waals surface area contributed by atoms with Crippen LogP contribution < -0.4 is 10.9 Å². The first-order valence-electron chi connectivity index (χ1n) is 6.68. The predicted octanol–water partition coefficient (Wildman–Crippen LogP) is 2.14. The highest BCUT2D eigenvalue weighted by atomic mass is 32.1. The Morgan fingerprint density at radius 3 is 3.05 bits per heavy atom. The van der Waals surface area contributed by atoms with Gasteiger partial charge in [0, 0.05) is 20.3 Å². The molecule has 110 valence electrons. The van der Waals surface area contributed by atoms with Crippen LogP contribution in [0, 0.1) is 5.41 Å². The monoisotopic (exact) mass is 295 g/mol. The lowest BCUT2D eigenvalue weighted by atomic mass is 9.90. The molecule has 20 heavy (non-hydrogen) atoms. The van der Waals surface area contributed by atoms with Crippen molar-refractivity contribution >= 4 is 21.6 Å². The van der Waals surface area contributed by atoms with E-state index in [1.54, 1.807) is 7.11 Å². The minimum atomic E-state index is -0.0551. The fraction of sp³-hybridized carbons (Fsp3) is 0.571. The third-order valence-corrected chi connectivity index (χ3v) is 4.15. The Morgan fingerprint density at radius 1 is 1.50 bits per heavy atom. The van der Waals surface area contributed by atoms with Gasteiger partial charge in [0.1, 0.15) is 10.5 Å². The SMILES string of the molecule is COCCC(C)(C)CNCc1nc2ccsc2c(=O)[nH]1. The second kappa shape index (κ2) is 6.47. The van der Waals surface area contributed by atoms with Crippen LogP contribution >= 0.6 is 11.3 Å². The van der Waals surface area contributed by atoms with Crippen molar-refractivity contribution in [3.8, 4) is 0 Å². The topological polar surface area (TPSA) is 67.0 Å². The lowest BCUT2D eigenvalue weighted by Crippen LogP contribution is -2.31. The maximum absolute atomic E-state index is 11.8. The summed E-state index contributed by atoms with van der Waals surface area (Å²) in [5.74, 6) is 0.684. The molecule has 2 rings (SSSR count). The van der Waals surface area contributed by atoms with Gasteiger partial charge in [-0.2, -0.15) is 0 Å². The number of methoxy groups -OCH3 is 1. The Bertz CT molecular complexity index is 618. The molecule has 0 atom stereocenters. The quantitative estimate of drug-likeness (QED) is 0.821. The summed E-state index contributed by atoms with van der Waals surface area (Å²) in [5.41, 5.74) is 0.873. The fourth-order valence-corrected chi connectivity index (χ4v) is 2.72. The summed E-state index contributed by atoms with van der Waals surface area (Å²) in [7, 11) is 1.72. The number of fused-ring (bicyclic) bond motifs is 1. The Hall–Kier alpha value is -1.24. The van der Waals surface area contributed by atoms with Crippen molar-refractivity contribution in [1.82, 2.24) is 15.3 Å². The van der Waals surface area contributed by atoms with Gasteiger partial charge < -0.3 is 15.0 Å². The van der Waals surface area contributed by atoms with Gasteiger partial charge in [-0.15, -0.1) is 11.3 Å². The molecule has 0 unspecified atom stereocenters. The highest BCUT2D eigenvalue weighted by Crippen LogP contribution is 2.19. The number of ether oxygens (including phenoxy) is 1. The molecule has 0 bridgehead atoms. The van der Waals surface area contributed by atoms with Crippen molar-refractivity contribution in [2.45, 2.75) is 26.8 Å². The molecule has 0 spiro atoms. The molecule has 0 fully saturated rings. The number of rotatable bonds is 7. The molecular weight excluding hydrogens is 274 g/mol. The van der Waals surface area contributed by atoms with Gasteiger partial charge in [-0.05, 0) is 23.3 Å². The summed E-state index contributed by atoms with van der Waals surface area (Å²) >= 11 is 1.42. The molecule has 0 saturated heterocycles. The van der Waals surface area contributed by atoms with Crippen LogP contribution in [0.5, 0.6) is 0 Å². The second-order valence-electron chi connectivity index (χ2n) is 5.66. The summed E-state index contributed by atoms with van der Waals surface area (Å²) < 4.78 is 5.80. The lowest BCUT2D eigenvalue weighted by molar-refractivity contribution is 0.150. The first-order chi connectivity index (χ1) is 9.52. The molecule has 0 amide bonds. The molecule has 0 radical (unpaired) electrons. The maximum atomic E-state index is 11.8. The number of H-pyrrole nitrogens is 1. The summed E-state index contributed by atoms with van der Waals surface area (Å²) in [4.78, 5) is 19.1. The summed E-state index contributed by atoms with van der Waals surface area (Å²) in [6.07, 6.45) is 0.990. The van der Waals surface area contributed by atoms with Crippen molar-refractivity contribution in [1.29, 1.82) is 0 Å². The van der Waals surface area contributed by atoms with Crippen molar-refractivity contribution in [3.05, 3.63) is 27.6 Å². The molecule has 0 saturated carbocycles. The van der Waals surface area contributed by atoms with E-state index < -0.39 is 0 Å². The van der Waals surface area contributed by atoms with Crippen LogP contribution in [0.3, 0.4) is 0 Å². The molecule has 2 N–H and O–H groups in total. The standard InChI is InChI=1S/C14H21N3O2S/c1-14(2,5-6-19-3)9-15-8-11-16-10-4-7-20-12(10)13(18)17-11/h4,7,15H,5-6,8-9H2,1-3H3,(H,16,17,18). The molecule has 0 aliphatic carbocycles. The molecule has 2 aromatic rings. The van der Waals surface area contributed by atoms with Gasteiger partial charge in [-0.1, -0.05) is 13.8 Å². The predicted molar refractivity (Wildman–Crippen MR) is 82.2 cm³/mol. The summed E-state index contributed by atoms with van der Waals surface area (Å²) in [5, 5.41) is 5.24. The zero-order valence-electron chi connectivity index (χ0n) is 12.2. The number of hydrogen-bond acceptors (Lipinski definition) is 5.